The van der Waals surface area contributed by atoms with Crippen LogP contribution in [0.25, 0.3) is 0 Å². The lowest BCUT2D eigenvalue weighted by Crippen LogP contribution is -2.32. The molecule has 2 aromatic rings. The Kier molecular flexibility index (Phi) is 4.78. The number of carbonyl (C=O) groups is 2. The number of hydrogen-bond donors (Lipinski definition) is 3. The number of aryl methyl sites for hydroxylation is 1. The minimum absolute atomic E-state index is 0.0718. The lowest BCUT2D eigenvalue weighted by atomic mass is 10.1. The predicted molar refractivity (Wildman–Crippen MR) is 85.1 cm³/mol. The Hall–Kier alpha value is -2.82. The first-order chi connectivity index (χ1) is 10.5. The van der Waals surface area contributed by atoms with E-state index in [-0.39, 0.29) is 11.6 Å². The van der Waals surface area contributed by atoms with E-state index in [0.717, 1.165) is 5.56 Å². The molecule has 2 rings (SSSR count). The molecular weight excluding hydrogens is 280 g/mol. The van der Waals surface area contributed by atoms with Crippen LogP contribution < -0.4 is 10.6 Å². The van der Waals surface area contributed by atoms with Crippen LogP contribution in [0.4, 0.5) is 10.5 Å². The zero-order chi connectivity index (χ0) is 16.1. The molecule has 0 saturated heterocycles. The van der Waals surface area contributed by atoms with Gasteiger partial charge in [0.1, 0.15) is 0 Å². The van der Waals surface area contributed by atoms with Crippen LogP contribution in [0.1, 0.15) is 34.5 Å². The number of benzene rings is 2. The fourth-order valence-electron chi connectivity index (χ4n) is 2.18. The number of anilines is 1. The minimum Gasteiger partial charge on any atom is -0.478 e. The third kappa shape index (κ3) is 3.63. The molecule has 5 heteroatoms. The molecule has 0 spiro atoms. The van der Waals surface area contributed by atoms with Gasteiger partial charge in [0.25, 0.3) is 0 Å². The summed E-state index contributed by atoms with van der Waals surface area (Å²) in [7, 11) is 0. The highest BCUT2D eigenvalue weighted by atomic mass is 16.4. The van der Waals surface area contributed by atoms with Crippen molar-refractivity contribution in [1.29, 1.82) is 0 Å². The van der Waals surface area contributed by atoms with E-state index in [1.807, 2.05) is 37.3 Å². The summed E-state index contributed by atoms with van der Waals surface area (Å²) in [5.74, 6) is -1.07. The first kappa shape index (κ1) is 15.6. The predicted octanol–water partition coefficient (Wildman–Crippen LogP) is 3.58. The molecular formula is C17H18N2O3. The average molecular weight is 298 g/mol. The van der Waals surface area contributed by atoms with Crippen LogP contribution in [-0.4, -0.2) is 17.1 Å². The molecule has 0 fully saturated rings. The Morgan fingerprint density at radius 3 is 2.36 bits per heavy atom. The summed E-state index contributed by atoms with van der Waals surface area (Å²) in [5.41, 5.74) is 2.05. The lowest BCUT2D eigenvalue weighted by molar-refractivity contribution is 0.0698. The Bertz CT molecular complexity index is 684. The first-order valence-electron chi connectivity index (χ1n) is 6.94. The van der Waals surface area contributed by atoms with Crippen molar-refractivity contribution in [2.24, 2.45) is 0 Å². The third-order valence-electron chi connectivity index (χ3n) is 3.39. The number of carboxylic acid groups (broad SMARTS) is 1. The first-order valence-corrected chi connectivity index (χ1v) is 6.94. The van der Waals surface area contributed by atoms with Gasteiger partial charge in [0, 0.05) is 0 Å². The molecule has 22 heavy (non-hydrogen) atoms. The molecule has 0 aliphatic heterocycles. The second-order valence-corrected chi connectivity index (χ2v) is 5.03. The van der Waals surface area contributed by atoms with Crippen molar-refractivity contribution in [2.45, 2.75) is 19.9 Å². The molecule has 0 bridgehead atoms. The van der Waals surface area contributed by atoms with E-state index < -0.39 is 12.0 Å². The van der Waals surface area contributed by atoms with E-state index in [1.54, 1.807) is 19.1 Å². The van der Waals surface area contributed by atoms with Crippen molar-refractivity contribution in [1.82, 2.24) is 5.32 Å². The molecule has 5 nitrogen and oxygen atoms in total. The van der Waals surface area contributed by atoms with Crippen LogP contribution in [0.3, 0.4) is 0 Å². The van der Waals surface area contributed by atoms with Crippen molar-refractivity contribution >= 4 is 17.7 Å². The van der Waals surface area contributed by atoms with E-state index in [0.29, 0.717) is 11.3 Å². The zero-order valence-electron chi connectivity index (χ0n) is 12.5. The lowest BCUT2D eigenvalue weighted by Gasteiger charge is -2.17. The molecule has 1 unspecified atom stereocenters. The molecule has 0 aromatic heterocycles. The smallest absolute Gasteiger partial charge is 0.337 e. The summed E-state index contributed by atoms with van der Waals surface area (Å²) in [5, 5.41) is 14.6. The average Bonchev–Trinajstić information content (AvgIpc) is 2.49. The van der Waals surface area contributed by atoms with Gasteiger partial charge in [-0.05, 0) is 31.0 Å². The molecule has 0 aliphatic carbocycles. The number of nitrogens with one attached hydrogen (secondary N) is 2. The molecule has 114 valence electrons. The van der Waals surface area contributed by atoms with E-state index >= 15 is 0 Å². The minimum atomic E-state index is -1.07. The van der Waals surface area contributed by atoms with Crippen molar-refractivity contribution in [3.05, 3.63) is 65.2 Å². The van der Waals surface area contributed by atoms with Crippen LogP contribution in [-0.2, 0) is 0 Å². The fourth-order valence-corrected chi connectivity index (χ4v) is 2.18. The largest absolute Gasteiger partial charge is 0.478 e. The van der Waals surface area contributed by atoms with Crippen LogP contribution in [0.2, 0.25) is 0 Å². The number of aromatic carboxylic acids is 1. The summed E-state index contributed by atoms with van der Waals surface area (Å²) in [6.07, 6.45) is 0. The number of urea groups is 1. The van der Waals surface area contributed by atoms with Gasteiger partial charge in [-0.15, -0.1) is 0 Å². The number of hydrogen-bond acceptors (Lipinski definition) is 2. The summed E-state index contributed by atoms with van der Waals surface area (Å²) in [4.78, 5) is 23.3. The van der Waals surface area contributed by atoms with Crippen molar-refractivity contribution in [2.75, 3.05) is 5.32 Å². The van der Waals surface area contributed by atoms with Gasteiger partial charge in [0.2, 0.25) is 0 Å². The van der Waals surface area contributed by atoms with Gasteiger partial charge in [0.05, 0.1) is 17.3 Å². The van der Waals surface area contributed by atoms with Gasteiger partial charge in [-0.3, -0.25) is 0 Å². The quantitative estimate of drug-likeness (QED) is 0.807. The highest BCUT2D eigenvalue weighted by Gasteiger charge is 2.15. The van der Waals surface area contributed by atoms with E-state index in [2.05, 4.69) is 10.6 Å². The molecule has 0 aliphatic rings. The topological polar surface area (TPSA) is 78.4 Å². The monoisotopic (exact) mass is 298 g/mol. The molecule has 0 radical (unpaired) electrons. The van der Waals surface area contributed by atoms with Gasteiger partial charge in [-0.1, -0.05) is 42.5 Å². The number of carboxylic acids is 1. The summed E-state index contributed by atoms with van der Waals surface area (Å²) in [6, 6.07) is 13.8. The molecule has 0 heterocycles. The molecule has 0 saturated carbocycles. The van der Waals surface area contributed by atoms with Crippen LogP contribution in [0.15, 0.2) is 48.5 Å². The zero-order valence-corrected chi connectivity index (χ0v) is 12.5. The standard InChI is InChI=1S/C17H18N2O3/c1-11-7-6-10-14(16(20)21)15(11)19-17(22)18-12(2)13-8-4-3-5-9-13/h3-10,12H,1-2H3,(H,20,21)(H2,18,19,22). The van der Waals surface area contributed by atoms with Gasteiger partial charge in [0.15, 0.2) is 0 Å². The van der Waals surface area contributed by atoms with Gasteiger partial charge in [-0.25, -0.2) is 9.59 Å². The van der Waals surface area contributed by atoms with Crippen LogP contribution in [0.5, 0.6) is 0 Å². The number of rotatable bonds is 4. The number of para-hydroxylation sites is 1. The molecule has 3 N–H and O–H groups in total. The normalized spacial score (nSPS) is 11.5. The van der Waals surface area contributed by atoms with E-state index in [1.165, 1.54) is 6.07 Å². The molecule has 1 atom stereocenters. The highest BCUT2D eigenvalue weighted by Crippen LogP contribution is 2.21. The fraction of sp³-hybridized carbons (Fsp3) is 0.176. The highest BCUT2D eigenvalue weighted by molar-refractivity contribution is 6.01. The van der Waals surface area contributed by atoms with Crippen molar-refractivity contribution < 1.29 is 14.7 Å². The van der Waals surface area contributed by atoms with Crippen LogP contribution in [0, 0.1) is 6.92 Å². The van der Waals surface area contributed by atoms with E-state index in [9.17, 15) is 14.7 Å². The maximum atomic E-state index is 12.1. The Balaban J connectivity index is 2.11. The van der Waals surface area contributed by atoms with Gasteiger partial charge in [-0.2, -0.15) is 0 Å². The van der Waals surface area contributed by atoms with E-state index in [4.69, 9.17) is 0 Å². The summed E-state index contributed by atoms with van der Waals surface area (Å²) in [6.45, 7) is 3.62. The Morgan fingerprint density at radius 1 is 1.05 bits per heavy atom. The number of amides is 2. The van der Waals surface area contributed by atoms with Gasteiger partial charge >= 0.3 is 12.0 Å². The van der Waals surface area contributed by atoms with Crippen LogP contribution >= 0.6 is 0 Å². The van der Waals surface area contributed by atoms with Crippen molar-refractivity contribution in [3.63, 3.8) is 0 Å². The number of carbonyl (C=O) groups excluding carboxylic acids is 1. The SMILES string of the molecule is Cc1cccc(C(=O)O)c1NC(=O)NC(C)c1ccccc1. The van der Waals surface area contributed by atoms with Gasteiger partial charge < -0.3 is 15.7 Å². The molecule has 2 amide bonds. The maximum absolute atomic E-state index is 12.1. The summed E-state index contributed by atoms with van der Waals surface area (Å²) >= 11 is 0. The third-order valence-corrected chi connectivity index (χ3v) is 3.39. The Labute approximate surface area is 129 Å². The summed E-state index contributed by atoms with van der Waals surface area (Å²) < 4.78 is 0. The Morgan fingerprint density at radius 2 is 1.73 bits per heavy atom. The molecule has 2 aromatic carbocycles. The maximum Gasteiger partial charge on any atom is 0.337 e. The van der Waals surface area contributed by atoms with Crippen molar-refractivity contribution in [3.8, 4) is 0 Å². The second-order valence-electron chi connectivity index (χ2n) is 5.03. The second kappa shape index (κ2) is 6.76.